The summed E-state index contributed by atoms with van der Waals surface area (Å²) >= 11 is 0. The highest BCUT2D eigenvalue weighted by molar-refractivity contribution is 5.95. The quantitative estimate of drug-likeness (QED) is 0.860. The molecule has 3 amide bonds. The SMILES string of the molecule is CN(C(=O)c1ccc2c(c1)CC[C@H]2NC(=O)N1CCc2ccccc21)C1CCC1. The first-order chi connectivity index (χ1) is 14.1. The lowest BCUT2D eigenvalue weighted by molar-refractivity contribution is 0.0652. The molecule has 0 spiro atoms. The van der Waals surface area contributed by atoms with Gasteiger partial charge >= 0.3 is 6.03 Å². The van der Waals surface area contributed by atoms with Gasteiger partial charge in [0.2, 0.25) is 0 Å². The van der Waals surface area contributed by atoms with Gasteiger partial charge in [0.15, 0.2) is 0 Å². The van der Waals surface area contributed by atoms with Gasteiger partial charge in [-0.25, -0.2) is 4.79 Å². The number of aryl methyl sites for hydroxylation is 1. The van der Waals surface area contributed by atoms with Gasteiger partial charge < -0.3 is 10.2 Å². The van der Waals surface area contributed by atoms with Crippen molar-refractivity contribution < 1.29 is 9.59 Å². The molecule has 0 aromatic heterocycles. The number of anilines is 1. The second kappa shape index (κ2) is 7.21. The van der Waals surface area contributed by atoms with Crippen LogP contribution >= 0.6 is 0 Å². The monoisotopic (exact) mass is 389 g/mol. The molecular formula is C24H27N3O2. The highest BCUT2D eigenvalue weighted by atomic mass is 16.2. The van der Waals surface area contributed by atoms with Gasteiger partial charge in [0.25, 0.3) is 5.91 Å². The van der Waals surface area contributed by atoms with Crippen LogP contribution in [0.25, 0.3) is 0 Å². The number of urea groups is 1. The van der Waals surface area contributed by atoms with Crippen LogP contribution in [0, 0.1) is 0 Å². The Morgan fingerprint density at radius 3 is 2.66 bits per heavy atom. The number of carbonyl (C=O) groups excluding carboxylic acids is 2. The minimum Gasteiger partial charge on any atom is -0.339 e. The van der Waals surface area contributed by atoms with E-state index in [0.29, 0.717) is 6.04 Å². The Labute approximate surface area is 171 Å². The number of carbonyl (C=O) groups is 2. The van der Waals surface area contributed by atoms with Crippen LogP contribution in [0.2, 0.25) is 0 Å². The fourth-order valence-electron chi connectivity index (χ4n) is 4.82. The van der Waals surface area contributed by atoms with Crippen molar-refractivity contribution in [1.29, 1.82) is 0 Å². The van der Waals surface area contributed by atoms with Crippen LogP contribution in [0.5, 0.6) is 0 Å². The maximum Gasteiger partial charge on any atom is 0.322 e. The van der Waals surface area contributed by atoms with Gasteiger partial charge in [-0.1, -0.05) is 24.3 Å². The molecule has 1 aliphatic heterocycles. The molecule has 1 atom stereocenters. The van der Waals surface area contributed by atoms with Gasteiger partial charge in [-0.2, -0.15) is 0 Å². The summed E-state index contributed by atoms with van der Waals surface area (Å²) in [6.07, 6.45) is 6.12. The Hall–Kier alpha value is -2.82. The van der Waals surface area contributed by atoms with E-state index in [1.54, 1.807) is 0 Å². The molecule has 0 saturated heterocycles. The number of amides is 3. The summed E-state index contributed by atoms with van der Waals surface area (Å²) in [7, 11) is 1.91. The molecule has 1 saturated carbocycles. The number of fused-ring (bicyclic) bond motifs is 2. The summed E-state index contributed by atoms with van der Waals surface area (Å²) in [5, 5.41) is 3.22. The lowest BCUT2D eigenvalue weighted by Gasteiger charge is -2.34. The summed E-state index contributed by atoms with van der Waals surface area (Å²) in [4.78, 5) is 29.4. The van der Waals surface area contributed by atoms with Crippen LogP contribution in [-0.2, 0) is 12.8 Å². The Morgan fingerprint density at radius 1 is 1.03 bits per heavy atom. The first kappa shape index (κ1) is 18.2. The summed E-state index contributed by atoms with van der Waals surface area (Å²) in [5.74, 6) is 0.110. The van der Waals surface area contributed by atoms with Crippen LogP contribution in [-0.4, -0.2) is 36.5 Å². The Morgan fingerprint density at radius 2 is 1.86 bits per heavy atom. The van der Waals surface area contributed by atoms with Crippen molar-refractivity contribution >= 4 is 17.6 Å². The zero-order valence-electron chi connectivity index (χ0n) is 16.9. The number of hydrogen-bond donors (Lipinski definition) is 1. The molecule has 150 valence electrons. The molecular weight excluding hydrogens is 362 g/mol. The molecule has 1 fully saturated rings. The fourth-order valence-corrected chi connectivity index (χ4v) is 4.82. The number of rotatable bonds is 3. The lowest BCUT2D eigenvalue weighted by Crippen LogP contribution is -2.41. The smallest absolute Gasteiger partial charge is 0.322 e. The molecule has 2 aromatic carbocycles. The number of hydrogen-bond acceptors (Lipinski definition) is 2. The molecule has 2 aromatic rings. The van der Waals surface area contributed by atoms with E-state index >= 15 is 0 Å². The molecule has 3 aliphatic rings. The molecule has 29 heavy (non-hydrogen) atoms. The zero-order chi connectivity index (χ0) is 20.0. The van der Waals surface area contributed by atoms with E-state index in [9.17, 15) is 9.59 Å². The first-order valence-electron chi connectivity index (χ1n) is 10.7. The number of benzene rings is 2. The van der Waals surface area contributed by atoms with E-state index in [1.807, 2.05) is 53.2 Å². The van der Waals surface area contributed by atoms with Crippen molar-refractivity contribution in [1.82, 2.24) is 10.2 Å². The van der Waals surface area contributed by atoms with Crippen LogP contribution in [0.4, 0.5) is 10.5 Å². The van der Waals surface area contributed by atoms with Crippen molar-refractivity contribution in [3.63, 3.8) is 0 Å². The van der Waals surface area contributed by atoms with Gasteiger partial charge in [-0.3, -0.25) is 9.69 Å². The normalized spacial score (nSPS) is 20.0. The molecule has 5 nitrogen and oxygen atoms in total. The largest absolute Gasteiger partial charge is 0.339 e. The van der Waals surface area contributed by atoms with Gasteiger partial charge in [-0.05, 0) is 73.4 Å². The average Bonchev–Trinajstić information content (AvgIpc) is 3.30. The predicted molar refractivity (Wildman–Crippen MR) is 113 cm³/mol. The summed E-state index contributed by atoms with van der Waals surface area (Å²) in [6.45, 7) is 0.728. The fraction of sp³-hybridized carbons (Fsp3) is 0.417. The molecule has 0 unspecified atom stereocenters. The number of para-hydroxylation sites is 1. The third kappa shape index (κ3) is 3.18. The van der Waals surface area contributed by atoms with E-state index in [-0.39, 0.29) is 18.0 Å². The molecule has 0 bridgehead atoms. The van der Waals surface area contributed by atoms with E-state index < -0.39 is 0 Å². The van der Waals surface area contributed by atoms with Crippen LogP contribution in [0.15, 0.2) is 42.5 Å². The van der Waals surface area contributed by atoms with E-state index in [4.69, 9.17) is 0 Å². The van der Waals surface area contributed by atoms with Crippen LogP contribution in [0.1, 0.15) is 58.8 Å². The molecule has 0 radical (unpaired) electrons. The maximum atomic E-state index is 12.9. The Kier molecular flexibility index (Phi) is 4.53. The summed E-state index contributed by atoms with van der Waals surface area (Å²) in [5.41, 5.74) is 5.34. The lowest BCUT2D eigenvalue weighted by atomic mass is 9.91. The topological polar surface area (TPSA) is 52.7 Å². The highest BCUT2D eigenvalue weighted by Gasteiger charge is 2.31. The Bertz CT molecular complexity index is 966. The number of nitrogens with zero attached hydrogens (tertiary/aromatic N) is 2. The van der Waals surface area contributed by atoms with E-state index in [0.717, 1.165) is 55.5 Å². The van der Waals surface area contributed by atoms with E-state index in [1.165, 1.54) is 17.5 Å². The third-order valence-corrected chi connectivity index (χ3v) is 6.84. The van der Waals surface area contributed by atoms with Gasteiger partial charge in [0.05, 0.1) is 6.04 Å². The Balaban J connectivity index is 1.29. The predicted octanol–water partition coefficient (Wildman–Crippen LogP) is 4.07. The van der Waals surface area contributed by atoms with Gasteiger partial charge in [0.1, 0.15) is 0 Å². The number of nitrogens with one attached hydrogen (secondary N) is 1. The molecule has 1 N–H and O–H groups in total. The zero-order valence-corrected chi connectivity index (χ0v) is 16.9. The van der Waals surface area contributed by atoms with Crippen molar-refractivity contribution in [2.75, 3.05) is 18.5 Å². The van der Waals surface area contributed by atoms with Gasteiger partial charge in [-0.15, -0.1) is 0 Å². The second-order valence-electron chi connectivity index (χ2n) is 8.49. The van der Waals surface area contributed by atoms with Crippen molar-refractivity contribution in [3.05, 3.63) is 64.7 Å². The highest BCUT2D eigenvalue weighted by Crippen LogP contribution is 2.34. The maximum absolute atomic E-state index is 12.9. The van der Waals surface area contributed by atoms with Gasteiger partial charge in [0, 0.05) is 30.9 Å². The molecule has 5 heteroatoms. The molecule has 5 rings (SSSR count). The minimum atomic E-state index is -0.0299. The minimum absolute atomic E-state index is 0.0128. The van der Waals surface area contributed by atoms with Crippen molar-refractivity contribution in [3.8, 4) is 0 Å². The van der Waals surface area contributed by atoms with Crippen molar-refractivity contribution in [2.45, 2.75) is 50.6 Å². The third-order valence-electron chi connectivity index (χ3n) is 6.84. The van der Waals surface area contributed by atoms with E-state index in [2.05, 4.69) is 11.4 Å². The average molecular weight is 389 g/mol. The second-order valence-corrected chi connectivity index (χ2v) is 8.49. The summed E-state index contributed by atoms with van der Waals surface area (Å²) < 4.78 is 0. The first-order valence-corrected chi connectivity index (χ1v) is 10.7. The van der Waals surface area contributed by atoms with Crippen LogP contribution < -0.4 is 10.2 Å². The van der Waals surface area contributed by atoms with Crippen molar-refractivity contribution in [2.24, 2.45) is 0 Å². The standard InChI is InChI=1S/C24H27N3O2/c1-26(19-6-4-7-19)23(28)18-9-11-20-17(15-18)10-12-21(20)25-24(29)27-14-13-16-5-2-3-8-22(16)27/h2-3,5,8-9,11,15,19,21H,4,6-7,10,12-14H2,1H3,(H,25,29)/t21-/m1/s1. The van der Waals surface area contributed by atoms with Crippen LogP contribution in [0.3, 0.4) is 0 Å². The molecule has 1 heterocycles. The molecule has 2 aliphatic carbocycles. The summed E-state index contributed by atoms with van der Waals surface area (Å²) in [6, 6.07) is 14.5.